The molecule has 100 valence electrons. The van der Waals surface area contributed by atoms with Gasteiger partial charge in [0.25, 0.3) is 0 Å². The van der Waals surface area contributed by atoms with E-state index in [2.05, 4.69) is 25.1 Å². The first-order chi connectivity index (χ1) is 9.20. The second-order valence-electron chi connectivity index (χ2n) is 5.21. The molecule has 1 amide bonds. The van der Waals surface area contributed by atoms with Crippen molar-refractivity contribution < 1.29 is 4.79 Å². The highest BCUT2D eigenvalue weighted by Crippen LogP contribution is 2.17. The minimum Gasteiger partial charge on any atom is -0.343 e. The SMILES string of the molecule is Cc1ccccc1CCC(=O)N1CCC(C#N)CC1. The summed E-state index contributed by atoms with van der Waals surface area (Å²) < 4.78 is 0. The maximum Gasteiger partial charge on any atom is 0.222 e. The van der Waals surface area contributed by atoms with Crippen LogP contribution < -0.4 is 0 Å². The number of amides is 1. The number of hydrogen-bond acceptors (Lipinski definition) is 2. The third kappa shape index (κ3) is 3.57. The Balaban J connectivity index is 1.83. The van der Waals surface area contributed by atoms with Gasteiger partial charge in [0.2, 0.25) is 5.91 Å². The van der Waals surface area contributed by atoms with Gasteiger partial charge in [-0.25, -0.2) is 0 Å². The number of likely N-dealkylation sites (tertiary alicyclic amines) is 1. The van der Waals surface area contributed by atoms with Crippen LogP contribution >= 0.6 is 0 Å². The van der Waals surface area contributed by atoms with Gasteiger partial charge in [0.1, 0.15) is 0 Å². The highest BCUT2D eigenvalue weighted by Gasteiger charge is 2.22. The van der Waals surface area contributed by atoms with E-state index in [1.807, 2.05) is 17.0 Å². The molecule has 3 heteroatoms. The second kappa shape index (κ2) is 6.38. The fourth-order valence-corrected chi connectivity index (χ4v) is 2.55. The number of rotatable bonds is 3. The van der Waals surface area contributed by atoms with Crippen LogP contribution in [0.15, 0.2) is 24.3 Å². The predicted octanol–water partition coefficient (Wildman–Crippen LogP) is 2.69. The van der Waals surface area contributed by atoms with E-state index in [0.717, 1.165) is 32.4 Å². The molecule has 0 radical (unpaired) electrons. The number of carbonyl (C=O) groups excluding carboxylic acids is 1. The normalized spacial score (nSPS) is 16.1. The van der Waals surface area contributed by atoms with Gasteiger partial charge in [-0.1, -0.05) is 24.3 Å². The Morgan fingerprint density at radius 2 is 2.05 bits per heavy atom. The van der Waals surface area contributed by atoms with E-state index < -0.39 is 0 Å². The average Bonchev–Trinajstić information content (AvgIpc) is 2.46. The molecular weight excluding hydrogens is 236 g/mol. The van der Waals surface area contributed by atoms with Crippen molar-refractivity contribution in [1.82, 2.24) is 4.90 Å². The van der Waals surface area contributed by atoms with E-state index in [1.54, 1.807) is 0 Å². The molecule has 1 saturated heterocycles. The lowest BCUT2D eigenvalue weighted by molar-refractivity contribution is -0.132. The first-order valence-corrected chi connectivity index (χ1v) is 6.92. The number of piperidine rings is 1. The zero-order valence-electron chi connectivity index (χ0n) is 11.4. The standard InChI is InChI=1S/C16H20N2O/c1-13-4-2-3-5-15(13)6-7-16(19)18-10-8-14(12-17)9-11-18/h2-5,14H,6-11H2,1H3. The van der Waals surface area contributed by atoms with Crippen LogP contribution in [0.25, 0.3) is 0 Å². The minimum atomic E-state index is 0.139. The Hall–Kier alpha value is -1.82. The molecule has 0 aliphatic carbocycles. The molecule has 0 saturated carbocycles. The van der Waals surface area contributed by atoms with E-state index in [1.165, 1.54) is 11.1 Å². The topological polar surface area (TPSA) is 44.1 Å². The van der Waals surface area contributed by atoms with Crippen molar-refractivity contribution in [2.75, 3.05) is 13.1 Å². The first-order valence-electron chi connectivity index (χ1n) is 6.92. The summed E-state index contributed by atoms with van der Waals surface area (Å²) in [4.78, 5) is 14.0. The predicted molar refractivity (Wildman–Crippen MR) is 74.4 cm³/mol. The molecule has 1 aromatic rings. The minimum absolute atomic E-state index is 0.139. The van der Waals surface area contributed by atoms with E-state index in [9.17, 15) is 4.79 Å². The summed E-state index contributed by atoms with van der Waals surface area (Å²) in [6.07, 6.45) is 3.03. The average molecular weight is 256 g/mol. The van der Waals surface area contributed by atoms with Crippen LogP contribution in [-0.2, 0) is 11.2 Å². The molecule has 1 aromatic carbocycles. The van der Waals surface area contributed by atoms with Gasteiger partial charge < -0.3 is 4.90 Å². The number of carbonyl (C=O) groups is 1. The number of hydrogen-bond donors (Lipinski definition) is 0. The lowest BCUT2D eigenvalue weighted by atomic mass is 9.98. The monoisotopic (exact) mass is 256 g/mol. The summed E-state index contributed by atoms with van der Waals surface area (Å²) in [5.74, 6) is 0.361. The molecule has 0 atom stereocenters. The molecule has 3 nitrogen and oxygen atoms in total. The molecule has 0 bridgehead atoms. The maximum absolute atomic E-state index is 12.1. The Morgan fingerprint density at radius 1 is 1.37 bits per heavy atom. The van der Waals surface area contributed by atoms with Crippen LogP contribution in [0.4, 0.5) is 0 Å². The zero-order valence-corrected chi connectivity index (χ0v) is 11.4. The second-order valence-corrected chi connectivity index (χ2v) is 5.21. The van der Waals surface area contributed by atoms with Crippen molar-refractivity contribution in [3.63, 3.8) is 0 Å². The van der Waals surface area contributed by atoms with Crippen LogP contribution in [-0.4, -0.2) is 23.9 Å². The third-order valence-corrected chi connectivity index (χ3v) is 3.90. The van der Waals surface area contributed by atoms with Crippen LogP contribution in [0.1, 0.15) is 30.4 Å². The summed E-state index contributed by atoms with van der Waals surface area (Å²) in [6.45, 7) is 3.56. The van der Waals surface area contributed by atoms with Gasteiger partial charge in [0.15, 0.2) is 0 Å². The van der Waals surface area contributed by atoms with Crippen LogP contribution in [0, 0.1) is 24.2 Å². The molecule has 0 aromatic heterocycles. The molecule has 0 N–H and O–H groups in total. The van der Waals surface area contributed by atoms with E-state index >= 15 is 0 Å². The smallest absolute Gasteiger partial charge is 0.222 e. The molecule has 1 fully saturated rings. The Kier molecular flexibility index (Phi) is 4.57. The highest BCUT2D eigenvalue weighted by molar-refractivity contribution is 5.76. The quantitative estimate of drug-likeness (QED) is 0.834. The summed E-state index contributed by atoms with van der Waals surface area (Å²) in [6, 6.07) is 10.5. The van der Waals surface area contributed by atoms with Gasteiger partial charge in [0, 0.05) is 25.4 Å². The molecule has 2 rings (SSSR count). The molecule has 1 aliphatic rings. The van der Waals surface area contributed by atoms with Crippen molar-refractivity contribution in [3.8, 4) is 6.07 Å². The van der Waals surface area contributed by atoms with Gasteiger partial charge >= 0.3 is 0 Å². The van der Waals surface area contributed by atoms with Crippen molar-refractivity contribution in [2.24, 2.45) is 5.92 Å². The highest BCUT2D eigenvalue weighted by atomic mass is 16.2. The molecule has 1 heterocycles. The van der Waals surface area contributed by atoms with Crippen molar-refractivity contribution >= 4 is 5.91 Å². The maximum atomic E-state index is 12.1. The number of aryl methyl sites for hydroxylation is 2. The van der Waals surface area contributed by atoms with E-state index in [-0.39, 0.29) is 11.8 Å². The number of benzene rings is 1. The lowest BCUT2D eigenvalue weighted by Crippen LogP contribution is -2.38. The van der Waals surface area contributed by atoms with Gasteiger partial charge in [-0.2, -0.15) is 5.26 Å². The summed E-state index contributed by atoms with van der Waals surface area (Å²) in [7, 11) is 0. The van der Waals surface area contributed by atoms with Crippen molar-refractivity contribution in [2.45, 2.75) is 32.6 Å². The number of nitrogens with zero attached hydrogens (tertiary/aromatic N) is 2. The van der Waals surface area contributed by atoms with Gasteiger partial charge in [-0.05, 0) is 37.3 Å². The largest absolute Gasteiger partial charge is 0.343 e. The van der Waals surface area contributed by atoms with Crippen LogP contribution in [0.3, 0.4) is 0 Å². The summed E-state index contributed by atoms with van der Waals surface area (Å²) >= 11 is 0. The van der Waals surface area contributed by atoms with E-state index in [0.29, 0.717) is 6.42 Å². The summed E-state index contributed by atoms with van der Waals surface area (Å²) in [5, 5.41) is 8.85. The Bertz CT molecular complexity index is 482. The molecule has 1 aliphatic heterocycles. The lowest BCUT2D eigenvalue weighted by Gasteiger charge is -2.29. The molecule has 0 spiro atoms. The van der Waals surface area contributed by atoms with Gasteiger partial charge in [-0.3, -0.25) is 4.79 Å². The van der Waals surface area contributed by atoms with Gasteiger partial charge in [-0.15, -0.1) is 0 Å². The molecule has 19 heavy (non-hydrogen) atoms. The summed E-state index contributed by atoms with van der Waals surface area (Å²) in [5.41, 5.74) is 2.50. The fourth-order valence-electron chi connectivity index (χ4n) is 2.55. The first kappa shape index (κ1) is 13.6. The van der Waals surface area contributed by atoms with Crippen LogP contribution in [0.5, 0.6) is 0 Å². The molecular formula is C16H20N2O. The van der Waals surface area contributed by atoms with Gasteiger partial charge in [0.05, 0.1) is 6.07 Å². The Labute approximate surface area is 114 Å². The van der Waals surface area contributed by atoms with Crippen molar-refractivity contribution in [1.29, 1.82) is 5.26 Å². The third-order valence-electron chi connectivity index (χ3n) is 3.90. The zero-order chi connectivity index (χ0) is 13.7. The number of nitriles is 1. The fraction of sp³-hybridized carbons (Fsp3) is 0.500. The van der Waals surface area contributed by atoms with Crippen LogP contribution in [0.2, 0.25) is 0 Å². The van der Waals surface area contributed by atoms with Crippen molar-refractivity contribution in [3.05, 3.63) is 35.4 Å². The molecule has 0 unspecified atom stereocenters. The van der Waals surface area contributed by atoms with E-state index in [4.69, 9.17) is 5.26 Å². The Morgan fingerprint density at radius 3 is 2.68 bits per heavy atom.